The van der Waals surface area contributed by atoms with Crippen LogP contribution < -0.4 is 98.6 Å². The molecule has 0 saturated carbocycles. The molecule has 0 bridgehead atoms. The van der Waals surface area contributed by atoms with Crippen molar-refractivity contribution in [3.63, 3.8) is 0 Å². The molecule has 1 fully saturated rings. The molecular formula is C64H110N20O16S2. The summed E-state index contributed by atoms with van der Waals surface area (Å²) in [5.74, 6) is -14.1. The molecule has 38 heteroatoms. The number of thiol groups is 2. The maximum Gasteiger partial charge on any atom is 0.326 e. The van der Waals surface area contributed by atoms with E-state index in [4.69, 9.17) is 40.1 Å². The van der Waals surface area contributed by atoms with Gasteiger partial charge >= 0.3 is 5.97 Å². The molecule has 1 aliphatic heterocycles. The molecule has 102 heavy (non-hydrogen) atoms. The Morgan fingerprint density at radius 1 is 0.529 bits per heavy atom. The minimum absolute atomic E-state index is 0.000504. The van der Waals surface area contributed by atoms with E-state index >= 15 is 0 Å². The third-order valence-electron chi connectivity index (χ3n) is 16.8. The number of aliphatic imine (C=N–C) groups is 1. The average molecular weight is 1480 g/mol. The molecule has 0 unspecified atom stereocenters. The summed E-state index contributed by atoms with van der Waals surface area (Å²) in [7, 11) is 0. The van der Waals surface area contributed by atoms with Gasteiger partial charge in [-0.2, -0.15) is 25.3 Å². The Hall–Kier alpha value is -8.43. The molecule has 1 saturated heterocycles. The summed E-state index contributed by atoms with van der Waals surface area (Å²) in [6, 6.07) is -9.35. The maximum absolute atomic E-state index is 14.8. The van der Waals surface area contributed by atoms with E-state index in [1.807, 2.05) is 0 Å². The minimum atomic E-state index is -1.68. The highest BCUT2D eigenvalue weighted by atomic mass is 32.1. The van der Waals surface area contributed by atoms with Gasteiger partial charge in [-0.3, -0.25) is 67.3 Å². The van der Waals surface area contributed by atoms with Gasteiger partial charge in [0.2, 0.25) is 76.8 Å². The van der Waals surface area contributed by atoms with Gasteiger partial charge in [0.15, 0.2) is 5.96 Å². The van der Waals surface area contributed by atoms with Crippen LogP contribution in [0.1, 0.15) is 136 Å². The second-order valence-electron chi connectivity index (χ2n) is 25.1. The molecule has 1 aromatic carbocycles. The van der Waals surface area contributed by atoms with Gasteiger partial charge in [0, 0.05) is 31.0 Å². The van der Waals surface area contributed by atoms with Gasteiger partial charge in [0.05, 0.1) is 12.5 Å². The van der Waals surface area contributed by atoms with Crippen LogP contribution in [0, 0.1) is 5.92 Å². The van der Waals surface area contributed by atoms with Crippen molar-refractivity contribution in [1.82, 2.24) is 63.4 Å². The molecule has 36 nitrogen and oxygen atoms in total. The fourth-order valence-electron chi connectivity index (χ4n) is 10.5. The second-order valence-corrected chi connectivity index (χ2v) is 25.9. The number of amides is 13. The predicted octanol–water partition coefficient (Wildman–Crippen LogP) is -6.39. The Balaban J connectivity index is 2.37. The zero-order valence-electron chi connectivity index (χ0n) is 58.8. The zero-order valence-corrected chi connectivity index (χ0v) is 60.5. The Morgan fingerprint density at radius 2 is 0.941 bits per heavy atom. The van der Waals surface area contributed by atoms with E-state index in [9.17, 15) is 77.3 Å². The molecule has 0 spiro atoms. The zero-order chi connectivity index (χ0) is 76.8. The van der Waals surface area contributed by atoms with Crippen molar-refractivity contribution < 1.29 is 77.3 Å². The van der Waals surface area contributed by atoms with E-state index in [2.05, 4.69) is 88.7 Å². The first kappa shape index (κ1) is 89.7. The quantitative estimate of drug-likeness (QED) is 0.0125. The van der Waals surface area contributed by atoms with Crippen LogP contribution in [0.4, 0.5) is 0 Å². The molecule has 1 aliphatic rings. The number of primary amides is 1. The molecule has 2 rings (SSSR count). The fourth-order valence-corrected chi connectivity index (χ4v) is 11.0. The van der Waals surface area contributed by atoms with Gasteiger partial charge in [-0.25, -0.2) is 4.79 Å². The summed E-state index contributed by atoms with van der Waals surface area (Å²) >= 11 is 8.44. The number of carboxylic acids is 1. The van der Waals surface area contributed by atoms with Crippen molar-refractivity contribution >= 4 is 114 Å². The first-order valence-electron chi connectivity index (χ1n) is 34.3. The van der Waals surface area contributed by atoms with E-state index in [-0.39, 0.29) is 101 Å². The predicted molar refractivity (Wildman–Crippen MR) is 384 cm³/mol. The summed E-state index contributed by atoms with van der Waals surface area (Å²) in [6.07, 6.45) is 0.851. The topological polar surface area (TPSA) is 610 Å². The number of likely N-dealkylation sites (tertiary alicyclic amines) is 1. The lowest BCUT2D eigenvalue weighted by atomic mass is 9.96. The van der Waals surface area contributed by atoms with Crippen LogP contribution in [-0.4, -0.2) is 233 Å². The van der Waals surface area contributed by atoms with Crippen LogP contribution in [0.3, 0.4) is 0 Å². The van der Waals surface area contributed by atoms with Gasteiger partial charge in [0.25, 0.3) is 0 Å². The number of unbranched alkanes of at least 4 members (excludes halogenated alkanes) is 3. The molecule has 1 aromatic rings. The van der Waals surface area contributed by atoms with Crippen molar-refractivity contribution in [2.45, 2.75) is 222 Å². The third kappa shape index (κ3) is 31.8. The number of aliphatic hydroxyl groups is 1. The van der Waals surface area contributed by atoms with E-state index in [0.29, 0.717) is 50.6 Å². The van der Waals surface area contributed by atoms with Crippen molar-refractivity contribution in [2.24, 2.45) is 51.0 Å². The van der Waals surface area contributed by atoms with Crippen molar-refractivity contribution in [3.8, 4) is 0 Å². The molecule has 0 aliphatic carbocycles. The third-order valence-corrected chi connectivity index (χ3v) is 17.6. The monoisotopic (exact) mass is 1480 g/mol. The number of carboxylic acid groups (broad SMARTS) is 1. The Bertz CT molecular complexity index is 2970. The largest absolute Gasteiger partial charge is 0.480 e. The van der Waals surface area contributed by atoms with Gasteiger partial charge in [-0.15, -0.1) is 0 Å². The smallest absolute Gasteiger partial charge is 0.326 e. The highest BCUT2D eigenvalue weighted by Gasteiger charge is 2.42. The standard InChI is InChI=1S/C64H110N20O16S2/c1-6-34(2)50(62(98)84-29-17-24-47(84)60(96)80-44(31-48(68)86)57(93)76-40(21-11-14-26-66)54(90)78-42(63(99)100)22-12-15-27-67)83-55(91)41(23-16-28-72-64(70)71)75-53(89)39(20-10-13-25-65)77-58(94)45(32-101)81-52(88)36(4)73-51(87)35(3)74-56(92)43(30-38-18-8-7-9-19-38)79-59(95)46(33-102)82-61(97)49(69)37(5)85/h7-9,18-19,34-37,39-47,49-50,85,101-102H,6,10-17,20-33,65-67,69H2,1-5H3,(H2,68,86)(H,73,87)(H,74,92)(H,75,89)(H,76,93)(H,77,94)(H,78,90)(H,79,95)(H,80,96)(H,81,88)(H,82,97)(H,83,91)(H,99,100)(H4,70,71,72)/t34-,35-,36-,37+,39-,40-,41-,42-,43-,44-,45-,46-,47-,49-,50-/m0/s1. The van der Waals surface area contributed by atoms with Crippen LogP contribution in [0.25, 0.3) is 0 Å². The Morgan fingerprint density at radius 3 is 1.40 bits per heavy atom. The summed E-state index contributed by atoms with van der Waals surface area (Å²) in [4.78, 5) is 197. The first-order valence-corrected chi connectivity index (χ1v) is 35.6. The van der Waals surface area contributed by atoms with Crippen LogP contribution in [0.5, 0.6) is 0 Å². The number of aliphatic carboxylic acids is 1. The summed E-state index contributed by atoms with van der Waals surface area (Å²) < 4.78 is 0. The van der Waals surface area contributed by atoms with Gasteiger partial charge in [-0.05, 0) is 135 Å². The molecular weight excluding hydrogens is 1370 g/mol. The minimum Gasteiger partial charge on any atom is -0.480 e. The Kier molecular flexibility index (Phi) is 41.9. The number of nitrogens with zero attached hydrogens (tertiary/aromatic N) is 2. The number of nitrogens with two attached hydrogens (primary N) is 7. The number of carbonyl (C=O) groups is 14. The van der Waals surface area contributed by atoms with E-state index in [1.165, 1.54) is 25.7 Å². The molecule has 1 heterocycles. The maximum atomic E-state index is 14.8. The van der Waals surface area contributed by atoms with E-state index < -0.39 is 180 Å². The molecule has 27 N–H and O–H groups in total. The number of hydrogen-bond donors (Lipinski definition) is 22. The lowest BCUT2D eigenvalue weighted by Crippen LogP contribution is -2.61. The molecule has 13 amide bonds. The number of nitrogens with one attached hydrogen (secondary N) is 11. The van der Waals surface area contributed by atoms with E-state index in [0.717, 1.165) is 0 Å². The van der Waals surface area contributed by atoms with Crippen LogP contribution >= 0.6 is 25.3 Å². The number of rotatable bonds is 49. The van der Waals surface area contributed by atoms with Gasteiger partial charge in [0.1, 0.15) is 78.5 Å². The Labute approximate surface area is 605 Å². The lowest BCUT2D eigenvalue weighted by molar-refractivity contribution is -0.144. The molecule has 574 valence electrons. The van der Waals surface area contributed by atoms with Crippen molar-refractivity contribution in [3.05, 3.63) is 35.9 Å². The summed E-state index contributed by atoms with van der Waals surface area (Å²) in [5, 5.41) is 47.6. The number of benzene rings is 1. The van der Waals surface area contributed by atoms with Crippen molar-refractivity contribution in [1.29, 1.82) is 0 Å². The SMILES string of the molecule is CC[C@H](C)[C@H](NC(=O)[C@H](CCCN=C(N)N)NC(=O)[C@H](CCCCN)NC(=O)[C@H](CS)NC(=O)[C@H](C)NC(=O)[C@H](C)NC(=O)[C@H](Cc1ccccc1)NC(=O)[C@H](CS)NC(=O)[C@@H](N)[C@@H](C)O)C(=O)N1CCC[C@H]1C(=O)N[C@@H](CC(N)=O)C(=O)N[C@@H](CCCCN)C(=O)N[C@@H](CCCCN)C(=O)O. The normalized spacial score (nSPS) is 16.7. The first-order chi connectivity index (χ1) is 48.3. The van der Waals surface area contributed by atoms with Gasteiger partial charge in [-0.1, -0.05) is 50.6 Å². The molecule has 15 atom stereocenters. The second kappa shape index (κ2) is 47.7. The summed E-state index contributed by atoms with van der Waals surface area (Å²) in [6.45, 7) is 8.03. The highest BCUT2D eigenvalue weighted by molar-refractivity contribution is 7.80. The summed E-state index contributed by atoms with van der Waals surface area (Å²) in [5.41, 5.74) is 40.1. The van der Waals surface area contributed by atoms with Crippen LogP contribution in [-0.2, 0) is 73.5 Å². The highest BCUT2D eigenvalue weighted by Crippen LogP contribution is 2.23. The number of aliphatic hydroxyl groups excluding tert-OH is 1. The van der Waals surface area contributed by atoms with Crippen LogP contribution in [0.2, 0.25) is 0 Å². The number of carbonyl (C=O) groups excluding carboxylic acids is 13. The van der Waals surface area contributed by atoms with Crippen LogP contribution in [0.15, 0.2) is 35.3 Å². The van der Waals surface area contributed by atoms with Crippen molar-refractivity contribution in [2.75, 3.05) is 44.2 Å². The number of guanidine groups is 1. The molecule has 0 aromatic heterocycles. The fraction of sp³-hybridized carbons (Fsp3) is 0.672. The number of hydrogen-bond acceptors (Lipinski definition) is 22. The average Bonchev–Trinajstić information content (AvgIpc) is 1.60. The van der Waals surface area contributed by atoms with Gasteiger partial charge < -0.3 is 114 Å². The lowest BCUT2D eigenvalue weighted by Gasteiger charge is -2.33. The molecule has 0 radical (unpaired) electrons. The van der Waals surface area contributed by atoms with E-state index in [1.54, 1.807) is 44.2 Å².